The number of carbonyl (C=O) groups is 2. The van der Waals surface area contributed by atoms with Crippen LogP contribution in [0.2, 0.25) is 0 Å². The van der Waals surface area contributed by atoms with Crippen LogP contribution in [-0.2, 0) is 11.3 Å². The normalized spacial score (nSPS) is 14.7. The molecule has 1 heterocycles. The summed E-state index contributed by atoms with van der Waals surface area (Å²) >= 11 is 3.45. The van der Waals surface area contributed by atoms with Crippen LogP contribution in [0.15, 0.2) is 52.6 Å². The van der Waals surface area contributed by atoms with Crippen molar-refractivity contribution >= 4 is 33.9 Å². The summed E-state index contributed by atoms with van der Waals surface area (Å²) in [4.78, 5) is 26.2. The molecule has 1 fully saturated rings. The zero-order chi connectivity index (χ0) is 20.8. The van der Waals surface area contributed by atoms with Gasteiger partial charge in [-0.25, -0.2) is 4.79 Å². The highest BCUT2D eigenvalue weighted by Gasteiger charge is 2.33. The molecule has 1 aliphatic heterocycles. The van der Waals surface area contributed by atoms with Gasteiger partial charge in [0.1, 0.15) is 12.3 Å². The highest BCUT2D eigenvalue weighted by Crippen LogP contribution is 2.37. The summed E-state index contributed by atoms with van der Waals surface area (Å²) in [7, 11) is 0. The predicted molar refractivity (Wildman–Crippen MR) is 113 cm³/mol. The highest BCUT2D eigenvalue weighted by molar-refractivity contribution is 9.10. The predicted octanol–water partition coefficient (Wildman–Crippen LogP) is 3.95. The Balaban J connectivity index is 1.86. The molecule has 0 radical (unpaired) electrons. The maximum absolute atomic E-state index is 12.7. The van der Waals surface area contributed by atoms with Gasteiger partial charge in [0, 0.05) is 0 Å². The lowest BCUT2D eigenvalue weighted by Gasteiger charge is -2.13. The van der Waals surface area contributed by atoms with E-state index in [0.29, 0.717) is 28.1 Å². The number of halogens is 1. The molecule has 0 aliphatic carbocycles. The standard InChI is InChI=1S/C22H19BrN2O4/c1-3-10-29-20-17(23)11-16(13-19(20)28-4-2)12-18-21(26)25(22(27)24-18)14-15-8-6-5-7-9-15/h1,5-9,11-13H,4,10,14H2,2H3,(H,24,27)/b18-12-. The van der Waals surface area contributed by atoms with Crippen molar-refractivity contribution in [2.45, 2.75) is 13.5 Å². The summed E-state index contributed by atoms with van der Waals surface area (Å²) in [6, 6.07) is 12.4. The Labute approximate surface area is 177 Å². The van der Waals surface area contributed by atoms with E-state index in [1.165, 1.54) is 4.90 Å². The van der Waals surface area contributed by atoms with Crippen LogP contribution < -0.4 is 14.8 Å². The van der Waals surface area contributed by atoms with Gasteiger partial charge in [-0.3, -0.25) is 9.69 Å². The van der Waals surface area contributed by atoms with Crippen molar-refractivity contribution in [1.29, 1.82) is 0 Å². The van der Waals surface area contributed by atoms with E-state index in [1.54, 1.807) is 18.2 Å². The van der Waals surface area contributed by atoms with Gasteiger partial charge in [0.25, 0.3) is 5.91 Å². The number of benzene rings is 2. The summed E-state index contributed by atoms with van der Waals surface area (Å²) in [5.74, 6) is 3.00. The Morgan fingerprint density at radius 3 is 2.66 bits per heavy atom. The number of imide groups is 1. The van der Waals surface area contributed by atoms with Crippen LogP contribution in [0, 0.1) is 12.3 Å². The van der Waals surface area contributed by atoms with Crippen molar-refractivity contribution in [3.05, 3.63) is 63.8 Å². The first-order valence-electron chi connectivity index (χ1n) is 8.94. The summed E-state index contributed by atoms with van der Waals surface area (Å²) in [5, 5.41) is 2.63. The molecule has 29 heavy (non-hydrogen) atoms. The first kappa shape index (κ1) is 20.5. The molecule has 1 N–H and O–H groups in total. The van der Waals surface area contributed by atoms with Crippen molar-refractivity contribution in [1.82, 2.24) is 10.2 Å². The molecule has 7 heteroatoms. The van der Waals surface area contributed by atoms with E-state index in [4.69, 9.17) is 15.9 Å². The number of amides is 3. The molecule has 0 saturated carbocycles. The number of nitrogens with one attached hydrogen (secondary N) is 1. The van der Waals surface area contributed by atoms with Crippen LogP contribution in [0.3, 0.4) is 0 Å². The molecule has 0 aromatic heterocycles. The third-order valence-electron chi connectivity index (χ3n) is 4.09. The summed E-state index contributed by atoms with van der Waals surface area (Å²) in [5.41, 5.74) is 1.73. The molecule has 6 nitrogen and oxygen atoms in total. The van der Waals surface area contributed by atoms with E-state index in [-0.39, 0.29) is 24.8 Å². The topological polar surface area (TPSA) is 67.9 Å². The fraction of sp³-hybridized carbons (Fsp3) is 0.182. The van der Waals surface area contributed by atoms with E-state index in [9.17, 15) is 9.59 Å². The summed E-state index contributed by atoms with van der Waals surface area (Å²) in [6.45, 7) is 2.59. The zero-order valence-corrected chi connectivity index (χ0v) is 17.4. The lowest BCUT2D eigenvalue weighted by molar-refractivity contribution is -0.123. The number of rotatable bonds is 7. The van der Waals surface area contributed by atoms with Crippen LogP contribution in [0.4, 0.5) is 4.79 Å². The van der Waals surface area contributed by atoms with Crippen LogP contribution >= 0.6 is 15.9 Å². The molecule has 0 bridgehead atoms. The molecule has 1 saturated heterocycles. The average Bonchev–Trinajstić information content (AvgIpc) is 2.96. The zero-order valence-electron chi connectivity index (χ0n) is 15.8. The molecule has 0 unspecified atom stereocenters. The number of ether oxygens (including phenoxy) is 2. The van der Waals surface area contributed by atoms with Gasteiger partial charge in [0.15, 0.2) is 11.5 Å². The van der Waals surface area contributed by atoms with Crippen LogP contribution in [0.1, 0.15) is 18.1 Å². The molecular formula is C22H19BrN2O4. The number of nitrogens with zero attached hydrogens (tertiary/aromatic N) is 1. The molecule has 148 valence electrons. The fourth-order valence-electron chi connectivity index (χ4n) is 2.84. The fourth-order valence-corrected chi connectivity index (χ4v) is 3.41. The minimum atomic E-state index is -0.455. The molecule has 3 rings (SSSR count). The van der Waals surface area contributed by atoms with Gasteiger partial charge in [-0.15, -0.1) is 6.42 Å². The smallest absolute Gasteiger partial charge is 0.329 e. The first-order valence-corrected chi connectivity index (χ1v) is 9.73. The van der Waals surface area contributed by atoms with Gasteiger partial charge in [-0.2, -0.15) is 0 Å². The highest BCUT2D eigenvalue weighted by atomic mass is 79.9. The van der Waals surface area contributed by atoms with Gasteiger partial charge in [-0.1, -0.05) is 36.3 Å². The van der Waals surface area contributed by atoms with Crippen molar-refractivity contribution < 1.29 is 19.1 Å². The van der Waals surface area contributed by atoms with E-state index in [2.05, 4.69) is 27.2 Å². The van der Waals surface area contributed by atoms with Gasteiger partial charge in [0.05, 0.1) is 17.6 Å². The molecule has 2 aromatic rings. The van der Waals surface area contributed by atoms with Crippen molar-refractivity contribution in [3.8, 4) is 23.8 Å². The van der Waals surface area contributed by atoms with Crippen LogP contribution in [-0.4, -0.2) is 30.1 Å². The van der Waals surface area contributed by atoms with Gasteiger partial charge >= 0.3 is 6.03 Å². The maximum atomic E-state index is 12.7. The Morgan fingerprint density at radius 1 is 1.21 bits per heavy atom. The Hall–Kier alpha value is -3.24. The number of urea groups is 1. The van der Waals surface area contributed by atoms with Crippen molar-refractivity contribution in [3.63, 3.8) is 0 Å². The second-order valence-electron chi connectivity index (χ2n) is 6.12. The lowest BCUT2D eigenvalue weighted by Crippen LogP contribution is -2.30. The Bertz CT molecular complexity index is 996. The first-order chi connectivity index (χ1) is 14.0. The SMILES string of the molecule is C#CCOc1c(Br)cc(/C=C2\NC(=O)N(Cc3ccccc3)C2=O)cc1OCC. The van der Waals surface area contributed by atoms with Gasteiger partial charge in [0.2, 0.25) is 0 Å². The second-order valence-corrected chi connectivity index (χ2v) is 6.98. The van der Waals surface area contributed by atoms with E-state index < -0.39 is 6.03 Å². The third kappa shape index (κ3) is 4.79. The number of hydrogen-bond acceptors (Lipinski definition) is 4. The minimum absolute atomic E-state index is 0.0993. The average molecular weight is 455 g/mol. The Kier molecular flexibility index (Phi) is 6.57. The second kappa shape index (κ2) is 9.30. The molecular weight excluding hydrogens is 436 g/mol. The van der Waals surface area contributed by atoms with Gasteiger partial charge < -0.3 is 14.8 Å². The van der Waals surface area contributed by atoms with Crippen molar-refractivity contribution in [2.24, 2.45) is 0 Å². The van der Waals surface area contributed by atoms with Crippen LogP contribution in [0.5, 0.6) is 11.5 Å². The molecule has 0 atom stereocenters. The monoisotopic (exact) mass is 454 g/mol. The summed E-state index contributed by atoms with van der Waals surface area (Å²) < 4.78 is 11.8. The van der Waals surface area contributed by atoms with Crippen LogP contribution in [0.25, 0.3) is 6.08 Å². The Morgan fingerprint density at radius 2 is 1.97 bits per heavy atom. The van der Waals surface area contributed by atoms with E-state index in [0.717, 1.165) is 5.56 Å². The summed E-state index contributed by atoms with van der Waals surface area (Å²) in [6.07, 6.45) is 6.86. The molecule has 2 aromatic carbocycles. The van der Waals surface area contributed by atoms with Gasteiger partial charge in [-0.05, 0) is 52.2 Å². The largest absolute Gasteiger partial charge is 0.490 e. The number of hydrogen-bond donors (Lipinski definition) is 1. The molecule has 1 aliphatic rings. The lowest BCUT2D eigenvalue weighted by atomic mass is 10.1. The molecule has 3 amide bonds. The number of terminal acetylenes is 1. The molecule has 0 spiro atoms. The third-order valence-corrected chi connectivity index (χ3v) is 4.68. The van der Waals surface area contributed by atoms with E-state index >= 15 is 0 Å². The minimum Gasteiger partial charge on any atom is -0.490 e. The maximum Gasteiger partial charge on any atom is 0.329 e. The number of carbonyl (C=O) groups excluding carboxylic acids is 2. The van der Waals surface area contributed by atoms with E-state index in [1.807, 2.05) is 37.3 Å². The quantitative estimate of drug-likeness (QED) is 0.390. The van der Waals surface area contributed by atoms with Crippen molar-refractivity contribution in [2.75, 3.05) is 13.2 Å².